The Morgan fingerprint density at radius 1 is 1.00 bits per heavy atom. The fraction of sp³-hybridized carbons (Fsp3) is 0. The van der Waals surface area contributed by atoms with E-state index < -0.39 is 0 Å². The van der Waals surface area contributed by atoms with Crippen LogP contribution < -0.4 is 16.5 Å². The van der Waals surface area contributed by atoms with E-state index >= 15 is 0 Å². The van der Waals surface area contributed by atoms with Gasteiger partial charge in [-0.15, -0.1) is 0 Å². The summed E-state index contributed by atoms with van der Waals surface area (Å²) in [6.07, 6.45) is 3.53. The van der Waals surface area contributed by atoms with Crippen molar-refractivity contribution >= 4 is 11.8 Å². The number of pyridine rings is 1. The molecule has 1 rings (SSSR count). The molecule has 1 aromatic rings. The van der Waals surface area contributed by atoms with Gasteiger partial charge in [-0.1, -0.05) is 10.2 Å². The van der Waals surface area contributed by atoms with E-state index in [-0.39, 0.29) is 12.4 Å². The summed E-state index contributed by atoms with van der Waals surface area (Å²) in [7, 11) is 0. The Balaban J connectivity index is 0.000000490. The van der Waals surface area contributed by atoms with Gasteiger partial charge in [0.2, 0.25) is 0 Å². The van der Waals surface area contributed by atoms with Crippen LogP contribution >= 0.6 is 11.8 Å². The highest BCUT2D eigenvalue weighted by Crippen LogP contribution is 1.75. The van der Waals surface area contributed by atoms with E-state index in [1.807, 2.05) is 18.2 Å². The standard InChI is InChI=1S/C5H5ClN.ClH/c6-7-4-2-1-3-5-7;/h1-5H;1H/q+1;/p-1. The maximum atomic E-state index is 5.46. The zero-order chi connectivity index (χ0) is 5.11. The first-order valence-corrected chi connectivity index (χ1v) is 2.36. The molecule has 1 aromatic heterocycles. The molecule has 0 radical (unpaired) electrons. The molecule has 0 unspecified atom stereocenters. The molecule has 0 aliphatic rings. The molecular weight excluding hydrogens is 145 g/mol. The lowest BCUT2D eigenvalue weighted by atomic mass is 10.5. The Kier molecular flexibility index (Phi) is 3.57. The van der Waals surface area contributed by atoms with E-state index in [1.54, 1.807) is 12.4 Å². The van der Waals surface area contributed by atoms with Crippen molar-refractivity contribution < 1.29 is 16.5 Å². The first kappa shape index (κ1) is 7.73. The lowest BCUT2D eigenvalue weighted by molar-refractivity contribution is -0.519. The van der Waals surface area contributed by atoms with Crippen LogP contribution in [-0.2, 0) is 0 Å². The second-order valence-corrected chi connectivity index (χ2v) is 1.61. The van der Waals surface area contributed by atoms with Crippen LogP contribution in [0, 0.1) is 0 Å². The van der Waals surface area contributed by atoms with E-state index in [1.165, 1.54) is 4.09 Å². The van der Waals surface area contributed by atoms with Gasteiger partial charge >= 0.3 is 0 Å². The van der Waals surface area contributed by atoms with Gasteiger partial charge in [0, 0.05) is 12.1 Å². The summed E-state index contributed by atoms with van der Waals surface area (Å²) >= 11 is 5.46. The van der Waals surface area contributed by atoms with Crippen LogP contribution in [0.25, 0.3) is 0 Å². The largest absolute Gasteiger partial charge is 1.00 e. The molecule has 0 spiro atoms. The van der Waals surface area contributed by atoms with Crippen molar-refractivity contribution in [3.05, 3.63) is 30.6 Å². The van der Waals surface area contributed by atoms with Crippen LogP contribution in [0.15, 0.2) is 30.6 Å². The SMILES string of the molecule is Cl[n+]1ccccc1.[Cl-]. The van der Waals surface area contributed by atoms with E-state index in [0.29, 0.717) is 0 Å². The van der Waals surface area contributed by atoms with Crippen molar-refractivity contribution in [2.75, 3.05) is 0 Å². The first-order chi connectivity index (χ1) is 3.39. The van der Waals surface area contributed by atoms with Crippen molar-refractivity contribution in [1.29, 1.82) is 0 Å². The van der Waals surface area contributed by atoms with Gasteiger partial charge in [0.1, 0.15) is 0 Å². The summed E-state index contributed by atoms with van der Waals surface area (Å²) in [4.78, 5) is 0. The second kappa shape index (κ2) is 3.70. The van der Waals surface area contributed by atoms with Crippen molar-refractivity contribution in [2.45, 2.75) is 0 Å². The number of hydrogen-bond acceptors (Lipinski definition) is 0. The van der Waals surface area contributed by atoms with Gasteiger partial charge in [-0.25, -0.2) is 0 Å². The molecule has 3 heteroatoms. The molecule has 0 aromatic carbocycles. The topological polar surface area (TPSA) is 3.88 Å². The average molecular weight is 150 g/mol. The van der Waals surface area contributed by atoms with Gasteiger partial charge in [-0.2, -0.15) is 0 Å². The summed E-state index contributed by atoms with van der Waals surface area (Å²) in [6, 6.07) is 5.65. The molecule has 0 saturated heterocycles. The number of halogens is 2. The molecule has 1 nitrogen and oxygen atoms in total. The zero-order valence-electron chi connectivity index (χ0n) is 4.09. The Morgan fingerprint density at radius 2 is 1.50 bits per heavy atom. The van der Waals surface area contributed by atoms with Crippen molar-refractivity contribution in [3.8, 4) is 0 Å². The molecule has 0 N–H and O–H groups in total. The Morgan fingerprint density at radius 3 is 1.75 bits per heavy atom. The van der Waals surface area contributed by atoms with E-state index in [4.69, 9.17) is 11.8 Å². The Labute approximate surface area is 59.4 Å². The number of aromatic nitrogens is 1. The summed E-state index contributed by atoms with van der Waals surface area (Å²) in [5.74, 6) is 0. The molecule has 1 heterocycles. The minimum Gasteiger partial charge on any atom is -1.00 e. The number of nitrogens with zero attached hydrogens (tertiary/aromatic N) is 1. The number of rotatable bonds is 0. The second-order valence-electron chi connectivity index (χ2n) is 1.22. The Bertz CT molecular complexity index is 140. The maximum absolute atomic E-state index is 5.46. The molecular formula is C5H5Cl2N. The van der Waals surface area contributed by atoms with Crippen LogP contribution in [0.2, 0.25) is 0 Å². The fourth-order valence-electron chi connectivity index (χ4n) is 0.378. The van der Waals surface area contributed by atoms with E-state index in [2.05, 4.69) is 0 Å². The third kappa shape index (κ3) is 2.15. The van der Waals surface area contributed by atoms with Crippen LogP contribution in [0.5, 0.6) is 0 Å². The fourth-order valence-corrected chi connectivity index (χ4v) is 0.508. The normalized spacial score (nSPS) is 7.62. The molecule has 0 fully saturated rings. The van der Waals surface area contributed by atoms with Gasteiger partial charge in [-0.05, 0) is 0 Å². The van der Waals surface area contributed by atoms with Crippen LogP contribution in [0.4, 0.5) is 0 Å². The van der Waals surface area contributed by atoms with Crippen molar-refractivity contribution in [3.63, 3.8) is 0 Å². The Hall–Kier alpha value is -0.270. The number of hydrogen-bond donors (Lipinski definition) is 0. The zero-order valence-corrected chi connectivity index (χ0v) is 5.60. The maximum Gasteiger partial charge on any atom is 0.267 e. The van der Waals surface area contributed by atoms with Gasteiger partial charge in [0.05, 0.1) is 0 Å². The molecule has 0 amide bonds. The predicted octanol–water partition coefficient (Wildman–Crippen LogP) is -2.02. The molecule has 0 aliphatic carbocycles. The molecule has 0 atom stereocenters. The van der Waals surface area contributed by atoms with Crippen LogP contribution in [0.3, 0.4) is 0 Å². The summed E-state index contributed by atoms with van der Waals surface area (Å²) < 4.78 is 1.47. The summed E-state index contributed by atoms with van der Waals surface area (Å²) in [5, 5.41) is 0. The average Bonchev–Trinajstić information content (AvgIpc) is 1.69. The third-order valence-corrected chi connectivity index (χ3v) is 0.905. The highest BCUT2D eigenvalue weighted by Gasteiger charge is 1.83. The molecule has 0 aliphatic heterocycles. The highest BCUT2D eigenvalue weighted by molar-refractivity contribution is 6.04. The minimum atomic E-state index is 0. The van der Waals surface area contributed by atoms with Crippen molar-refractivity contribution in [1.82, 2.24) is 0 Å². The van der Waals surface area contributed by atoms with Crippen LogP contribution in [0.1, 0.15) is 0 Å². The van der Waals surface area contributed by atoms with Gasteiger partial charge in [0.25, 0.3) is 11.8 Å². The first-order valence-electron chi connectivity index (χ1n) is 2.02. The lowest BCUT2D eigenvalue weighted by Gasteiger charge is -1.72. The summed E-state index contributed by atoms with van der Waals surface area (Å²) in [5.41, 5.74) is 0. The molecule has 0 saturated carbocycles. The van der Waals surface area contributed by atoms with Gasteiger partial charge in [0.15, 0.2) is 12.4 Å². The summed E-state index contributed by atoms with van der Waals surface area (Å²) in [6.45, 7) is 0. The lowest BCUT2D eigenvalue weighted by Crippen LogP contribution is -3.00. The van der Waals surface area contributed by atoms with Crippen molar-refractivity contribution in [2.24, 2.45) is 0 Å². The third-order valence-electron chi connectivity index (χ3n) is 0.679. The quantitative estimate of drug-likeness (QED) is 0.402. The van der Waals surface area contributed by atoms with Gasteiger partial charge < -0.3 is 12.4 Å². The van der Waals surface area contributed by atoms with E-state index in [9.17, 15) is 0 Å². The predicted molar refractivity (Wildman–Crippen MR) is 27.9 cm³/mol. The van der Waals surface area contributed by atoms with Gasteiger partial charge in [-0.3, -0.25) is 0 Å². The van der Waals surface area contributed by atoms with Crippen LogP contribution in [-0.4, -0.2) is 0 Å². The molecule has 44 valence electrons. The molecule has 0 bridgehead atoms. The monoisotopic (exact) mass is 149 g/mol. The minimum absolute atomic E-state index is 0. The smallest absolute Gasteiger partial charge is 0.267 e. The highest BCUT2D eigenvalue weighted by atomic mass is 35.5. The van der Waals surface area contributed by atoms with E-state index in [0.717, 1.165) is 0 Å². The molecule has 8 heavy (non-hydrogen) atoms.